The van der Waals surface area contributed by atoms with Crippen molar-refractivity contribution in [2.45, 2.75) is 98.8 Å². The van der Waals surface area contributed by atoms with Gasteiger partial charge in [-0.1, -0.05) is 64.5 Å². The second-order valence-electron chi connectivity index (χ2n) is 12.4. The first-order valence-corrected chi connectivity index (χ1v) is 11.9. The third kappa shape index (κ3) is 2.36. The van der Waals surface area contributed by atoms with Crippen molar-refractivity contribution in [1.82, 2.24) is 0 Å². The Labute approximate surface area is 173 Å². The van der Waals surface area contributed by atoms with Crippen LogP contribution in [0.3, 0.4) is 0 Å². The minimum Gasteiger partial charge on any atom is -0.0838 e. The van der Waals surface area contributed by atoms with Crippen LogP contribution in [0, 0.1) is 34.5 Å². The molecule has 5 rings (SSSR count). The van der Waals surface area contributed by atoms with Gasteiger partial charge in [0.15, 0.2) is 0 Å². The van der Waals surface area contributed by atoms with Crippen molar-refractivity contribution in [1.29, 1.82) is 0 Å². The molecule has 0 bridgehead atoms. The Kier molecular flexibility index (Phi) is 3.90. The van der Waals surface area contributed by atoms with Gasteiger partial charge >= 0.3 is 0 Å². The van der Waals surface area contributed by atoms with Gasteiger partial charge < -0.3 is 0 Å². The summed E-state index contributed by atoms with van der Waals surface area (Å²) >= 11 is 0. The molecular weight excluding hydrogens is 336 g/mol. The smallest absolute Gasteiger partial charge is 0.00534 e. The molecule has 2 saturated carbocycles. The fraction of sp³-hybridized carbons (Fsp3) is 0.714. The predicted octanol–water partition coefficient (Wildman–Crippen LogP) is 7.99. The maximum atomic E-state index is 2.76. The number of rotatable bonds is 0. The van der Waals surface area contributed by atoms with Crippen LogP contribution in [0.2, 0.25) is 0 Å². The number of hydrogen-bond acceptors (Lipinski definition) is 0. The van der Waals surface area contributed by atoms with E-state index in [4.69, 9.17) is 0 Å². The average Bonchev–Trinajstić information content (AvgIpc) is 2.63. The highest BCUT2D eigenvalue weighted by molar-refractivity contribution is 5.45. The Bertz CT molecular complexity index is 842. The highest BCUT2D eigenvalue weighted by Crippen LogP contribution is 2.71. The number of aryl methyl sites for hydroxylation is 1. The van der Waals surface area contributed by atoms with E-state index in [0.717, 1.165) is 5.92 Å². The minimum atomic E-state index is 0.384. The molecule has 0 amide bonds. The van der Waals surface area contributed by atoms with Crippen LogP contribution in [-0.4, -0.2) is 0 Å². The molecule has 28 heavy (non-hydrogen) atoms. The highest BCUT2D eigenvalue weighted by Gasteiger charge is 2.61. The Morgan fingerprint density at radius 1 is 0.857 bits per heavy atom. The first kappa shape index (κ1) is 19.0. The molecule has 152 valence electrons. The maximum Gasteiger partial charge on any atom is -0.00534 e. The van der Waals surface area contributed by atoms with Crippen LogP contribution in [0.15, 0.2) is 29.8 Å². The molecule has 1 aromatic rings. The Morgan fingerprint density at radius 2 is 1.61 bits per heavy atom. The average molecular weight is 377 g/mol. The van der Waals surface area contributed by atoms with E-state index in [1.807, 2.05) is 5.57 Å². The normalized spacial score (nSPS) is 43.9. The second-order valence-corrected chi connectivity index (χ2v) is 12.4. The van der Waals surface area contributed by atoms with Crippen molar-refractivity contribution in [3.63, 3.8) is 0 Å². The van der Waals surface area contributed by atoms with Crippen molar-refractivity contribution in [3.05, 3.63) is 46.5 Å². The van der Waals surface area contributed by atoms with Crippen molar-refractivity contribution < 1.29 is 0 Å². The first-order valence-electron chi connectivity index (χ1n) is 11.9. The van der Waals surface area contributed by atoms with Crippen molar-refractivity contribution in [2.75, 3.05) is 0 Å². The summed E-state index contributed by atoms with van der Waals surface area (Å²) in [6.07, 6.45) is 13.8. The third-order valence-corrected chi connectivity index (χ3v) is 10.5. The van der Waals surface area contributed by atoms with E-state index in [1.165, 1.54) is 56.9 Å². The molecule has 0 unspecified atom stereocenters. The summed E-state index contributed by atoms with van der Waals surface area (Å²) in [4.78, 5) is 0. The Morgan fingerprint density at radius 3 is 2.39 bits per heavy atom. The lowest BCUT2D eigenvalue weighted by Crippen LogP contribution is -2.55. The fourth-order valence-corrected chi connectivity index (χ4v) is 8.12. The van der Waals surface area contributed by atoms with Gasteiger partial charge in [-0.3, -0.25) is 0 Å². The largest absolute Gasteiger partial charge is 0.0838 e. The van der Waals surface area contributed by atoms with E-state index >= 15 is 0 Å². The number of fused-ring (bicyclic) bond motifs is 7. The highest BCUT2D eigenvalue weighted by atomic mass is 14.7. The molecule has 5 atom stereocenters. The van der Waals surface area contributed by atoms with Crippen LogP contribution in [0.5, 0.6) is 0 Å². The maximum absolute atomic E-state index is 2.76. The van der Waals surface area contributed by atoms with Crippen LogP contribution >= 0.6 is 0 Å². The summed E-state index contributed by atoms with van der Waals surface area (Å²) in [5.41, 5.74) is 8.61. The van der Waals surface area contributed by atoms with Crippen LogP contribution in [0.1, 0.15) is 102 Å². The summed E-state index contributed by atoms with van der Waals surface area (Å²) in [7, 11) is 0. The van der Waals surface area contributed by atoms with Crippen molar-refractivity contribution in [3.8, 4) is 0 Å². The summed E-state index contributed by atoms with van der Waals surface area (Å²) in [5, 5.41) is 0. The lowest BCUT2D eigenvalue weighted by atomic mass is 9.39. The van der Waals surface area contributed by atoms with Crippen LogP contribution < -0.4 is 0 Å². The Balaban J connectivity index is 1.62. The zero-order valence-corrected chi connectivity index (χ0v) is 19.1. The standard InChI is InChI=1S/C28H40/c1-19-8-7-9-21-20(19)12-13-27(5)22(21)10-11-23-24-18-25(2,3)14-15-26(24,4)16-17-28(23,27)6/h7-9,11,22,24H,10,12-18H2,1-6H3/t22-,24+,26-,27-,28-/m1/s1. The lowest BCUT2D eigenvalue weighted by Gasteiger charge is -2.65. The van der Waals surface area contributed by atoms with Gasteiger partial charge in [0, 0.05) is 0 Å². The van der Waals surface area contributed by atoms with E-state index < -0.39 is 0 Å². The summed E-state index contributed by atoms with van der Waals surface area (Å²) in [6, 6.07) is 7.09. The molecule has 0 nitrogen and oxygen atoms in total. The quantitative estimate of drug-likeness (QED) is 0.402. The molecule has 2 fully saturated rings. The molecule has 0 heterocycles. The van der Waals surface area contributed by atoms with Gasteiger partial charge in [0.1, 0.15) is 0 Å². The van der Waals surface area contributed by atoms with Crippen molar-refractivity contribution in [2.24, 2.45) is 27.6 Å². The molecule has 4 aliphatic carbocycles. The van der Waals surface area contributed by atoms with E-state index in [9.17, 15) is 0 Å². The molecule has 0 aliphatic heterocycles. The molecule has 0 spiro atoms. The topological polar surface area (TPSA) is 0 Å². The molecule has 0 aromatic heterocycles. The van der Waals surface area contributed by atoms with Gasteiger partial charge in [0.05, 0.1) is 0 Å². The van der Waals surface area contributed by atoms with Crippen LogP contribution in [-0.2, 0) is 6.42 Å². The van der Waals surface area contributed by atoms with Crippen LogP contribution in [0.4, 0.5) is 0 Å². The third-order valence-electron chi connectivity index (χ3n) is 10.5. The van der Waals surface area contributed by atoms with Gasteiger partial charge in [-0.25, -0.2) is 0 Å². The van der Waals surface area contributed by atoms with E-state index in [-0.39, 0.29) is 0 Å². The second kappa shape index (κ2) is 5.77. The lowest BCUT2D eigenvalue weighted by molar-refractivity contribution is -0.0582. The zero-order chi connectivity index (χ0) is 19.9. The molecule has 0 radical (unpaired) electrons. The van der Waals surface area contributed by atoms with Gasteiger partial charge in [0.2, 0.25) is 0 Å². The molecule has 0 N–H and O–H groups in total. The van der Waals surface area contributed by atoms with Gasteiger partial charge in [-0.05, 0) is 108 Å². The van der Waals surface area contributed by atoms with Crippen LogP contribution in [0.25, 0.3) is 0 Å². The minimum absolute atomic E-state index is 0.384. The first-order chi connectivity index (χ1) is 13.1. The van der Waals surface area contributed by atoms with Crippen molar-refractivity contribution >= 4 is 0 Å². The summed E-state index contributed by atoms with van der Waals surface area (Å²) in [5.74, 6) is 1.53. The molecule has 0 saturated heterocycles. The summed E-state index contributed by atoms with van der Waals surface area (Å²) < 4.78 is 0. The molecule has 1 aromatic carbocycles. The number of allylic oxidation sites excluding steroid dienone is 2. The monoisotopic (exact) mass is 376 g/mol. The zero-order valence-electron chi connectivity index (χ0n) is 19.1. The van der Waals surface area contributed by atoms with Gasteiger partial charge in [-0.15, -0.1) is 0 Å². The number of hydrogen-bond donors (Lipinski definition) is 0. The van der Waals surface area contributed by atoms with E-state index in [2.05, 4.69) is 65.8 Å². The van der Waals surface area contributed by atoms with Gasteiger partial charge in [-0.2, -0.15) is 0 Å². The predicted molar refractivity (Wildman–Crippen MR) is 120 cm³/mol. The number of benzene rings is 1. The fourth-order valence-electron chi connectivity index (χ4n) is 8.12. The van der Waals surface area contributed by atoms with E-state index in [1.54, 1.807) is 11.1 Å². The summed E-state index contributed by atoms with van der Waals surface area (Å²) in [6.45, 7) is 15.3. The van der Waals surface area contributed by atoms with Gasteiger partial charge in [0.25, 0.3) is 0 Å². The molecule has 0 heteroatoms. The molecule has 4 aliphatic rings. The Hall–Kier alpha value is -1.04. The van der Waals surface area contributed by atoms with E-state index in [0.29, 0.717) is 27.6 Å². The molecular formula is C28H40. The SMILES string of the molecule is Cc1cccc2c1CC[C@]1(C)[C@@H]2CC=C2[C@@H]3CC(C)(C)CC[C@]3(C)CC[C@]21C.